The lowest BCUT2D eigenvalue weighted by Gasteiger charge is -2.48. The fourth-order valence-electron chi connectivity index (χ4n) is 5.62. The third-order valence-corrected chi connectivity index (χ3v) is 6.75. The standard InChI is InChI=1S/C19H24O3/c1-19-10-9-12-11-5-7-16(20)18(22-2)14(11)4-3-13(12)15(19)6-8-17(19)21/h5,7,12-13,15,20H,3-4,6,8-10H2,1-2H3/t12-,13-,15+,19+/m1/s1/i1+1,6+1,8+1,15+1,17+1,19+1. The van der Waals surface area contributed by atoms with E-state index in [4.69, 9.17) is 4.74 Å². The van der Waals surface area contributed by atoms with E-state index >= 15 is 0 Å². The van der Waals surface area contributed by atoms with Crippen LogP contribution in [0, 0.1) is 17.3 Å². The molecule has 3 heteroatoms. The van der Waals surface area contributed by atoms with Gasteiger partial charge in [0.2, 0.25) is 0 Å². The van der Waals surface area contributed by atoms with Crippen molar-refractivity contribution in [1.29, 1.82) is 0 Å². The van der Waals surface area contributed by atoms with Gasteiger partial charge < -0.3 is 9.84 Å². The molecule has 3 nitrogen and oxygen atoms in total. The molecule has 0 amide bonds. The van der Waals surface area contributed by atoms with Gasteiger partial charge in [-0.1, -0.05) is 13.0 Å². The van der Waals surface area contributed by atoms with E-state index in [2.05, 4.69) is 13.0 Å². The van der Waals surface area contributed by atoms with Crippen LogP contribution in [0.4, 0.5) is 0 Å². The lowest BCUT2D eigenvalue weighted by atomic mass is 9.72. The fourth-order valence-corrected chi connectivity index (χ4v) is 5.62. The molecule has 3 aliphatic rings. The highest BCUT2D eigenvalue weighted by Crippen LogP contribution is 2.60. The molecule has 0 aromatic heterocycles. The Hall–Kier alpha value is -1.51. The predicted molar refractivity (Wildman–Crippen MR) is 84.3 cm³/mol. The number of Topliss-reactive ketones (excluding diaryl/α,β-unsaturated/α-hetero) is 1. The zero-order valence-corrected chi connectivity index (χ0v) is 13.4. The van der Waals surface area contributed by atoms with Crippen molar-refractivity contribution in [2.24, 2.45) is 17.3 Å². The topological polar surface area (TPSA) is 46.5 Å². The van der Waals surface area contributed by atoms with E-state index in [-0.39, 0.29) is 11.2 Å². The molecule has 0 bridgehead atoms. The molecule has 4 atom stereocenters. The highest BCUT2D eigenvalue weighted by Gasteiger charge is 2.54. The molecule has 4 rings (SSSR count). The maximum absolute atomic E-state index is 12.3. The summed E-state index contributed by atoms with van der Waals surface area (Å²) in [6.07, 6.45) is 6.02. The van der Waals surface area contributed by atoms with Crippen molar-refractivity contribution in [3.05, 3.63) is 23.3 Å². The molecule has 118 valence electrons. The number of aromatic hydroxyl groups is 1. The van der Waals surface area contributed by atoms with Gasteiger partial charge in [-0.05, 0) is 61.5 Å². The van der Waals surface area contributed by atoms with Gasteiger partial charge in [0.05, 0.1) is 7.11 Å². The smallest absolute Gasteiger partial charge is 0.163 e. The minimum Gasteiger partial charge on any atom is -0.504 e. The van der Waals surface area contributed by atoms with E-state index in [0.717, 1.165) is 38.5 Å². The Balaban J connectivity index is 1.75. The molecular formula is C19H24O3. The summed E-state index contributed by atoms with van der Waals surface area (Å²) in [7, 11) is 1.63. The Kier molecular flexibility index (Phi) is 3.04. The Morgan fingerprint density at radius 3 is 2.82 bits per heavy atom. The quantitative estimate of drug-likeness (QED) is 0.802. The summed E-state index contributed by atoms with van der Waals surface area (Å²) in [6, 6.07) is 3.86. The number of phenols is 1. The molecular weight excluding hydrogens is 282 g/mol. The number of rotatable bonds is 1. The molecule has 22 heavy (non-hydrogen) atoms. The van der Waals surface area contributed by atoms with Crippen LogP contribution in [0.15, 0.2) is 12.1 Å². The van der Waals surface area contributed by atoms with Gasteiger partial charge in [0.25, 0.3) is 0 Å². The maximum atomic E-state index is 12.3. The number of carbonyl (C=O) groups excluding carboxylic acids is 1. The van der Waals surface area contributed by atoms with E-state index in [0.29, 0.717) is 29.3 Å². The van der Waals surface area contributed by atoms with Crippen molar-refractivity contribution in [1.82, 2.24) is 0 Å². The summed E-state index contributed by atoms with van der Waals surface area (Å²) < 4.78 is 5.44. The van der Waals surface area contributed by atoms with Gasteiger partial charge in [-0.15, -0.1) is 0 Å². The minimum atomic E-state index is -0.0698. The lowest BCUT2D eigenvalue weighted by Crippen LogP contribution is -2.42. The first-order valence-corrected chi connectivity index (χ1v) is 8.48. The Morgan fingerprint density at radius 2 is 2.05 bits per heavy atom. The number of carbonyl (C=O) groups is 1. The summed E-state index contributed by atoms with van der Waals surface area (Å²) >= 11 is 0. The molecule has 0 unspecified atom stereocenters. The van der Waals surface area contributed by atoms with Crippen molar-refractivity contribution in [3.8, 4) is 11.5 Å². The first kappa shape index (κ1) is 14.1. The SMILES string of the molecule is COc1c(O)ccc2c1CC[C@@H]1[C@@H]2CC[13C@]2([13CH3])[13C](=O)[13CH2][13CH2][13C@@H]12. The molecule has 0 spiro atoms. The Morgan fingerprint density at radius 1 is 1.23 bits per heavy atom. The second-order valence-corrected chi connectivity index (χ2v) is 7.52. The van der Waals surface area contributed by atoms with Crippen LogP contribution in [-0.2, 0) is 11.2 Å². The zero-order chi connectivity index (χ0) is 15.5. The molecule has 0 radical (unpaired) electrons. The third kappa shape index (κ3) is 1.71. The van der Waals surface area contributed by atoms with Crippen LogP contribution >= 0.6 is 0 Å². The third-order valence-electron chi connectivity index (χ3n) is 6.75. The predicted octanol–water partition coefficient (Wildman–Crippen LogP) is 3.83. The van der Waals surface area contributed by atoms with E-state index in [9.17, 15) is 9.90 Å². The molecule has 0 saturated heterocycles. The van der Waals surface area contributed by atoms with Crippen molar-refractivity contribution in [3.63, 3.8) is 0 Å². The number of ketones is 1. The van der Waals surface area contributed by atoms with Gasteiger partial charge in [0, 0.05) is 17.4 Å². The number of fused-ring (bicyclic) bond motifs is 5. The lowest BCUT2D eigenvalue weighted by molar-refractivity contribution is -0.129. The second kappa shape index (κ2) is 4.74. The number of hydrogen-bond donors (Lipinski definition) is 1. The van der Waals surface area contributed by atoms with Gasteiger partial charge in [-0.3, -0.25) is 4.79 Å². The average molecular weight is 306 g/mol. The Labute approximate surface area is 131 Å². The first-order chi connectivity index (χ1) is 10.6. The van der Waals surface area contributed by atoms with Gasteiger partial charge in [0.15, 0.2) is 11.5 Å². The van der Waals surface area contributed by atoms with Crippen LogP contribution < -0.4 is 4.74 Å². The highest BCUT2D eigenvalue weighted by molar-refractivity contribution is 5.87. The normalized spacial score (nSPS) is 36.5. The summed E-state index contributed by atoms with van der Waals surface area (Å²) in [6.45, 7) is 2.20. The number of benzene rings is 1. The van der Waals surface area contributed by atoms with Crippen LogP contribution in [0.1, 0.15) is 56.1 Å². The zero-order valence-electron chi connectivity index (χ0n) is 13.4. The first-order valence-electron chi connectivity index (χ1n) is 8.48. The van der Waals surface area contributed by atoms with E-state index in [1.165, 1.54) is 11.1 Å². The molecule has 1 N–H and O–H groups in total. The average Bonchev–Trinajstić information content (AvgIpc) is 2.82. The number of hydrogen-bond acceptors (Lipinski definition) is 3. The molecule has 1 aromatic carbocycles. The van der Waals surface area contributed by atoms with E-state index in [1.54, 1.807) is 13.2 Å². The van der Waals surface area contributed by atoms with Crippen LogP contribution in [0.5, 0.6) is 11.5 Å². The molecule has 2 saturated carbocycles. The van der Waals surface area contributed by atoms with Gasteiger partial charge >= 0.3 is 0 Å². The van der Waals surface area contributed by atoms with Crippen molar-refractivity contribution in [2.45, 2.75) is 51.4 Å². The molecule has 0 heterocycles. The molecule has 0 aliphatic heterocycles. The van der Waals surface area contributed by atoms with Crippen LogP contribution in [0.25, 0.3) is 0 Å². The second-order valence-electron chi connectivity index (χ2n) is 7.52. The number of methoxy groups -OCH3 is 1. The van der Waals surface area contributed by atoms with Crippen LogP contribution in [0.2, 0.25) is 0 Å². The van der Waals surface area contributed by atoms with Crippen molar-refractivity contribution in [2.75, 3.05) is 7.11 Å². The minimum absolute atomic E-state index is 0.0698. The van der Waals surface area contributed by atoms with Gasteiger partial charge in [-0.2, -0.15) is 0 Å². The monoisotopic (exact) mass is 306 g/mol. The summed E-state index contributed by atoms with van der Waals surface area (Å²) in [5.41, 5.74) is 2.48. The molecule has 2 fully saturated rings. The highest BCUT2D eigenvalue weighted by atomic mass is 16.5. The Bertz CT molecular complexity index is 636. The van der Waals surface area contributed by atoms with E-state index < -0.39 is 0 Å². The summed E-state index contributed by atoms with van der Waals surface area (Å²) in [5.74, 6) is 3.09. The van der Waals surface area contributed by atoms with Gasteiger partial charge in [0.1, 0.15) is 5.78 Å². The molecule has 3 aliphatic carbocycles. The van der Waals surface area contributed by atoms with Crippen molar-refractivity contribution < 1.29 is 14.6 Å². The van der Waals surface area contributed by atoms with Gasteiger partial charge in [-0.25, -0.2) is 0 Å². The number of phenolic OH excluding ortho intramolecular Hbond substituents is 1. The van der Waals surface area contributed by atoms with Crippen LogP contribution in [-0.4, -0.2) is 18.0 Å². The maximum Gasteiger partial charge on any atom is 0.163 e. The van der Waals surface area contributed by atoms with Crippen molar-refractivity contribution >= 4 is 5.78 Å². The fraction of sp³-hybridized carbons (Fsp3) is 0.632. The largest absolute Gasteiger partial charge is 0.504 e. The summed E-state index contributed by atoms with van der Waals surface area (Å²) in [5, 5.41) is 10.0. The molecule has 1 aromatic rings. The summed E-state index contributed by atoms with van der Waals surface area (Å²) in [4.78, 5) is 12.3. The van der Waals surface area contributed by atoms with Crippen LogP contribution in [0.3, 0.4) is 0 Å². The van der Waals surface area contributed by atoms with E-state index in [1.807, 2.05) is 0 Å². The number of ether oxygens (including phenoxy) is 1.